The maximum atomic E-state index is 12.8. The van der Waals surface area contributed by atoms with Gasteiger partial charge in [-0.05, 0) is 37.5 Å². The maximum absolute atomic E-state index is 12.8. The molecule has 1 aromatic carbocycles. The largest absolute Gasteiger partial charge is 0.347 e. The van der Waals surface area contributed by atoms with Crippen LogP contribution in [-0.2, 0) is 14.8 Å². The molecular weight excluding hydrogens is 460 g/mol. The van der Waals surface area contributed by atoms with E-state index < -0.39 is 10.0 Å². The summed E-state index contributed by atoms with van der Waals surface area (Å²) in [6.45, 7) is 4.25. The molecule has 0 bridgehead atoms. The van der Waals surface area contributed by atoms with Crippen LogP contribution in [0.15, 0.2) is 45.7 Å². The molecule has 1 fully saturated rings. The minimum atomic E-state index is -3.75. The molecule has 0 unspecified atom stereocenters. The summed E-state index contributed by atoms with van der Waals surface area (Å²) in [5.74, 6) is 0.350. The second kappa shape index (κ2) is 11.1. The van der Waals surface area contributed by atoms with Gasteiger partial charge in [-0.1, -0.05) is 12.5 Å². The fourth-order valence-corrected chi connectivity index (χ4v) is 5.84. The van der Waals surface area contributed by atoms with E-state index in [0.717, 1.165) is 57.0 Å². The number of aromatic nitrogens is 1. The SMILES string of the molecule is O=C(CN1CCCN(c2nccs2)CC1)Nc1cccc(S(=O)(=O)NC2=NCCCCC2)c1. The van der Waals surface area contributed by atoms with Crippen molar-refractivity contribution in [3.63, 3.8) is 0 Å². The molecule has 0 saturated carbocycles. The lowest BCUT2D eigenvalue weighted by molar-refractivity contribution is -0.117. The summed E-state index contributed by atoms with van der Waals surface area (Å²) in [5, 5.41) is 5.84. The lowest BCUT2D eigenvalue weighted by atomic mass is 10.2. The van der Waals surface area contributed by atoms with Crippen molar-refractivity contribution in [2.75, 3.05) is 49.5 Å². The van der Waals surface area contributed by atoms with Gasteiger partial charge in [0.1, 0.15) is 5.84 Å². The number of nitrogens with zero attached hydrogens (tertiary/aromatic N) is 4. The molecule has 0 aliphatic carbocycles. The molecule has 0 spiro atoms. The second-order valence-corrected chi connectivity index (χ2v) is 10.8. The molecule has 2 aliphatic rings. The van der Waals surface area contributed by atoms with Gasteiger partial charge in [0, 0.05) is 56.4 Å². The van der Waals surface area contributed by atoms with Gasteiger partial charge < -0.3 is 10.2 Å². The van der Waals surface area contributed by atoms with Crippen molar-refractivity contribution >= 4 is 43.9 Å². The average Bonchev–Trinajstić information content (AvgIpc) is 3.07. The van der Waals surface area contributed by atoms with Crippen LogP contribution in [0.3, 0.4) is 0 Å². The van der Waals surface area contributed by atoms with E-state index in [1.807, 2.05) is 11.6 Å². The summed E-state index contributed by atoms with van der Waals surface area (Å²) >= 11 is 1.63. The van der Waals surface area contributed by atoms with E-state index in [4.69, 9.17) is 0 Å². The van der Waals surface area contributed by atoms with Crippen LogP contribution in [-0.4, -0.2) is 69.3 Å². The first-order valence-electron chi connectivity index (χ1n) is 11.3. The van der Waals surface area contributed by atoms with Crippen molar-refractivity contribution in [1.29, 1.82) is 0 Å². The number of sulfonamides is 1. The molecule has 33 heavy (non-hydrogen) atoms. The normalized spacial score (nSPS) is 18.2. The quantitative estimate of drug-likeness (QED) is 0.645. The smallest absolute Gasteiger partial charge is 0.262 e. The molecular formula is C22H30N6O3S2. The molecule has 1 aromatic heterocycles. The lowest BCUT2D eigenvalue weighted by Gasteiger charge is -2.21. The van der Waals surface area contributed by atoms with Gasteiger partial charge in [0.15, 0.2) is 5.13 Å². The summed E-state index contributed by atoms with van der Waals surface area (Å²) in [6, 6.07) is 6.35. The Bertz CT molecular complexity index is 1070. The molecule has 2 aromatic rings. The number of rotatable bonds is 6. The van der Waals surface area contributed by atoms with Gasteiger partial charge in [-0.25, -0.2) is 13.4 Å². The van der Waals surface area contributed by atoms with E-state index >= 15 is 0 Å². The van der Waals surface area contributed by atoms with Gasteiger partial charge in [-0.15, -0.1) is 11.3 Å². The number of carbonyl (C=O) groups excluding carboxylic acids is 1. The van der Waals surface area contributed by atoms with Crippen LogP contribution in [0.25, 0.3) is 0 Å². The number of amidine groups is 1. The maximum Gasteiger partial charge on any atom is 0.262 e. The van der Waals surface area contributed by atoms with Crippen molar-refractivity contribution in [1.82, 2.24) is 14.6 Å². The first-order chi connectivity index (χ1) is 16.0. The minimum Gasteiger partial charge on any atom is -0.347 e. The van der Waals surface area contributed by atoms with Crippen molar-refractivity contribution in [2.45, 2.75) is 37.0 Å². The van der Waals surface area contributed by atoms with Crippen LogP contribution >= 0.6 is 11.3 Å². The Labute approximate surface area is 199 Å². The number of nitrogens with one attached hydrogen (secondary N) is 2. The standard InChI is InChI=1S/C22H30N6O3S2/c29-21(17-27-11-5-12-28(14-13-27)22-24-10-15-32-22)25-18-6-4-7-19(16-18)33(30,31)26-20-8-2-1-3-9-23-20/h4,6-7,10,15-16H,1-3,5,8-9,11-14,17H2,(H,23,26)(H,25,29). The number of anilines is 2. The second-order valence-electron chi connectivity index (χ2n) is 8.25. The van der Waals surface area contributed by atoms with Crippen molar-refractivity contribution in [2.24, 2.45) is 4.99 Å². The van der Waals surface area contributed by atoms with Crippen LogP contribution in [0.2, 0.25) is 0 Å². The van der Waals surface area contributed by atoms with Crippen LogP contribution < -0.4 is 14.9 Å². The van der Waals surface area contributed by atoms with E-state index in [1.54, 1.807) is 23.5 Å². The zero-order valence-electron chi connectivity index (χ0n) is 18.6. The van der Waals surface area contributed by atoms with E-state index in [9.17, 15) is 13.2 Å². The first-order valence-corrected chi connectivity index (χ1v) is 13.7. The van der Waals surface area contributed by atoms with Crippen LogP contribution in [0, 0.1) is 0 Å². The summed E-state index contributed by atoms with van der Waals surface area (Å²) in [7, 11) is -3.75. The highest BCUT2D eigenvalue weighted by Crippen LogP contribution is 2.20. The Morgan fingerprint density at radius 2 is 2.00 bits per heavy atom. The third-order valence-corrected chi connectivity index (χ3v) is 7.91. The van der Waals surface area contributed by atoms with E-state index in [-0.39, 0.29) is 17.3 Å². The summed E-state index contributed by atoms with van der Waals surface area (Å²) in [5.41, 5.74) is 0.463. The summed E-state index contributed by atoms with van der Waals surface area (Å²) < 4.78 is 28.2. The Balaban J connectivity index is 1.33. The molecule has 11 heteroatoms. The number of amides is 1. The lowest BCUT2D eigenvalue weighted by Crippen LogP contribution is -2.36. The van der Waals surface area contributed by atoms with Crippen molar-refractivity contribution in [3.05, 3.63) is 35.8 Å². The van der Waals surface area contributed by atoms with Crippen molar-refractivity contribution < 1.29 is 13.2 Å². The predicted octanol–water partition coefficient (Wildman–Crippen LogP) is 2.54. The summed E-state index contributed by atoms with van der Waals surface area (Å²) in [4.78, 5) is 25.9. The van der Waals surface area contributed by atoms with Gasteiger partial charge in [-0.3, -0.25) is 19.4 Å². The van der Waals surface area contributed by atoms with E-state index in [1.165, 1.54) is 12.1 Å². The highest BCUT2D eigenvalue weighted by Gasteiger charge is 2.20. The van der Waals surface area contributed by atoms with E-state index in [0.29, 0.717) is 24.5 Å². The molecule has 3 heterocycles. The Hall–Kier alpha value is -2.50. The molecule has 0 atom stereocenters. The number of benzene rings is 1. The van der Waals surface area contributed by atoms with Gasteiger partial charge in [-0.2, -0.15) is 0 Å². The van der Waals surface area contributed by atoms with Crippen molar-refractivity contribution in [3.8, 4) is 0 Å². The van der Waals surface area contributed by atoms with Crippen LogP contribution in [0.4, 0.5) is 10.8 Å². The monoisotopic (exact) mass is 490 g/mol. The third-order valence-electron chi connectivity index (χ3n) is 5.70. The third kappa shape index (κ3) is 6.75. The van der Waals surface area contributed by atoms with Gasteiger partial charge >= 0.3 is 0 Å². The predicted molar refractivity (Wildman–Crippen MR) is 132 cm³/mol. The number of carbonyl (C=O) groups is 1. The Kier molecular flexibility index (Phi) is 7.94. The highest BCUT2D eigenvalue weighted by molar-refractivity contribution is 7.90. The fourth-order valence-electron chi connectivity index (χ4n) is 4.01. The molecule has 1 saturated heterocycles. The minimum absolute atomic E-state index is 0.112. The molecule has 4 rings (SSSR count). The van der Waals surface area contributed by atoms with Crippen LogP contribution in [0.1, 0.15) is 32.1 Å². The molecule has 9 nitrogen and oxygen atoms in total. The van der Waals surface area contributed by atoms with Gasteiger partial charge in [0.25, 0.3) is 10.0 Å². The Morgan fingerprint density at radius 1 is 1.09 bits per heavy atom. The molecule has 0 radical (unpaired) electrons. The number of aliphatic imine (C=N–C) groups is 1. The number of hydrogen-bond acceptors (Lipinski definition) is 8. The highest BCUT2D eigenvalue weighted by atomic mass is 32.2. The Morgan fingerprint density at radius 3 is 2.85 bits per heavy atom. The number of thiazole rings is 1. The first kappa shape index (κ1) is 23.7. The molecule has 2 N–H and O–H groups in total. The molecule has 1 amide bonds. The van der Waals surface area contributed by atoms with Gasteiger partial charge in [0.05, 0.1) is 11.4 Å². The molecule has 2 aliphatic heterocycles. The van der Waals surface area contributed by atoms with Crippen LogP contribution in [0.5, 0.6) is 0 Å². The van der Waals surface area contributed by atoms with E-state index in [2.05, 4.69) is 29.8 Å². The summed E-state index contributed by atoms with van der Waals surface area (Å²) in [6.07, 6.45) is 6.35. The molecule has 178 valence electrons. The van der Waals surface area contributed by atoms with Gasteiger partial charge in [0.2, 0.25) is 5.91 Å². The zero-order chi connectivity index (χ0) is 23.1. The number of hydrogen-bond donors (Lipinski definition) is 2. The topological polar surface area (TPSA) is 107 Å². The average molecular weight is 491 g/mol. The zero-order valence-corrected chi connectivity index (χ0v) is 20.2. The fraction of sp³-hybridized carbons (Fsp3) is 0.500.